The molecule has 7 heteroatoms. The average molecular weight is 418 g/mol. The minimum Gasteiger partial charge on any atom is -0.345 e. The number of carbonyl (C=O) groups is 1. The monoisotopic (exact) mass is 417 g/mol. The number of hydrogen-bond acceptors (Lipinski definition) is 3. The first-order chi connectivity index (χ1) is 14.6. The number of aromatic amines is 1. The molecule has 0 atom stereocenters. The standard InChI is InChI=1S/C23H20ClN5O/c1-14-11-27-21(28-23(30)15-6-7-15)10-20(14)29-12-17(16-4-2-3-5-19(16)24)18(13-29)22-25-8-9-26-22/h2-5,8-13,15H,6-7H2,1H3,(H,25,26)(H,27,28,30). The maximum atomic E-state index is 12.2. The highest BCUT2D eigenvalue weighted by Crippen LogP contribution is 2.37. The predicted molar refractivity (Wildman–Crippen MR) is 118 cm³/mol. The first-order valence-electron chi connectivity index (χ1n) is 9.84. The maximum Gasteiger partial charge on any atom is 0.228 e. The Morgan fingerprint density at radius 1 is 1.17 bits per heavy atom. The lowest BCUT2D eigenvalue weighted by Crippen LogP contribution is -2.14. The number of halogens is 1. The largest absolute Gasteiger partial charge is 0.345 e. The van der Waals surface area contributed by atoms with E-state index in [1.807, 2.05) is 54.2 Å². The lowest BCUT2D eigenvalue weighted by atomic mass is 10.0. The summed E-state index contributed by atoms with van der Waals surface area (Å²) in [6.07, 6.45) is 11.3. The van der Waals surface area contributed by atoms with E-state index in [4.69, 9.17) is 11.6 Å². The van der Waals surface area contributed by atoms with Crippen LogP contribution in [0.4, 0.5) is 5.82 Å². The molecule has 1 saturated carbocycles. The number of nitrogens with one attached hydrogen (secondary N) is 2. The smallest absolute Gasteiger partial charge is 0.228 e. The van der Waals surface area contributed by atoms with Crippen molar-refractivity contribution in [1.29, 1.82) is 0 Å². The van der Waals surface area contributed by atoms with Crippen LogP contribution in [-0.2, 0) is 4.79 Å². The molecular weight excluding hydrogens is 398 g/mol. The van der Waals surface area contributed by atoms with Crippen molar-refractivity contribution < 1.29 is 4.79 Å². The van der Waals surface area contributed by atoms with Gasteiger partial charge in [-0.3, -0.25) is 4.79 Å². The molecule has 150 valence electrons. The van der Waals surface area contributed by atoms with Crippen LogP contribution in [-0.4, -0.2) is 25.4 Å². The third kappa shape index (κ3) is 3.50. The van der Waals surface area contributed by atoms with E-state index in [2.05, 4.69) is 20.3 Å². The number of rotatable bonds is 5. The first-order valence-corrected chi connectivity index (χ1v) is 10.2. The Hall–Kier alpha value is -3.38. The number of aromatic nitrogens is 4. The number of imidazole rings is 1. The van der Waals surface area contributed by atoms with Gasteiger partial charge in [0.1, 0.15) is 11.6 Å². The number of amides is 1. The number of benzene rings is 1. The van der Waals surface area contributed by atoms with Crippen LogP contribution >= 0.6 is 11.6 Å². The summed E-state index contributed by atoms with van der Waals surface area (Å²) >= 11 is 6.50. The summed E-state index contributed by atoms with van der Waals surface area (Å²) in [7, 11) is 0. The zero-order chi connectivity index (χ0) is 20.7. The third-order valence-corrected chi connectivity index (χ3v) is 5.63. The second-order valence-electron chi connectivity index (χ2n) is 7.53. The lowest BCUT2D eigenvalue weighted by molar-refractivity contribution is -0.117. The van der Waals surface area contributed by atoms with Crippen molar-refractivity contribution in [3.8, 4) is 28.2 Å². The number of nitrogens with zero attached hydrogens (tertiary/aromatic N) is 3. The molecule has 0 unspecified atom stereocenters. The van der Waals surface area contributed by atoms with Gasteiger partial charge in [0.2, 0.25) is 5.91 Å². The minimum absolute atomic E-state index is 0.0397. The van der Waals surface area contributed by atoms with Crippen LogP contribution in [0, 0.1) is 12.8 Å². The van der Waals surface area contributed by atoms with Gasteiger partial charge in [-0.1, -0.05) is 29.8 Å². The van der Waals surface area contributed by atoms with Gasteiger partial charge >= 0.3 is 0 Å². The quantitative estimate of drug-likeness (QED) is 0.466. The molecule has 0 saturated heterocycles. The Balaban J connectivity index is 1.61. The molecule has 3 aromatic heterocycles. The Bertz CT molecular complexity index is 1220. The van der Waals surface area contributed by atoms with Gasteiger partial charge in [0.05, 0.1) is 5.69 Å². The molecule has 0 spiro atoms. The Morgan fingerprint density at radius 2 is 1.97 bits per heavy atom. The van der Waals surface area contributed by atoms with Crippen LogP contribution < -0.4 is 5.32 Å². The second-order valence-corrected chi connectivity index (χ2v) is 7.94. The van der Waals surface area contributed by atoms with E-state index in [1.165, 1.54) is 0 Å². The summed E-state index contributed by atoms with van der Waals surface area (Å²) in [4.78, 5) is 24.2. The topological polar surface area (TPSA) is 75.6 Å². The molecule has 0 radical (unpaired) electrons. The molecule has 3 heterocycles. The summed E-state index contributed by atoms with van der Waals surface area (Å²) in [5, 5.41) is 3.60. The molecule has 6 nitrogen and oxygen atoms in total. The molecule has 0 aliphatic heterocycles. The van der Waals surface area contributed by atoms with Gasteiger partial charge < -0.3 is 14.9 Å². The van der Waals surface area contributed by atoms with Gasteiger partial charge in [-0.25, -0.2) is 9.97 Å². The van der Waals surface area contributed by atoms with Gasteiger partial charge in [-0.15, -0.1) is 0 Å². The molecule has 1 aromatic carbocycles. The van der Waals surface area contributed by atoms with Crippen LogP contribution in [0.1, 0.15) is 18.4 Å². The van der Waals surface area contributed by atoms with Crippen molar-refractivity contribution in [3.05, 3.63) is 71.9 Å². The summed E-state index contributed by atoms with van der Waals surface area (Å²) in [6.45, 7) is 2.00. The van der Waals surface area contributed by atoms with Crippen molar-refractivity contribution in [2.45, 2.75) is 19.8 Å². The Labute approximate surface area is 179 Å². The summed E-state index contributed by atoms with van der Waals surface area (Å²) in [6, 6.07) is 9.65. The summed E-state index contributed by atoms with van der Waals surface area (Å²) in [5.74, 6) is 1.48. The van der Waals surface area contributed by atoms with E-state index < -0.39 is 0 Å². The highest BCUT2D eigenvalue weighted by Gasteiger charge is 2.30. The Morgan fingerprint density at radius 3 is 2.70 bits per heavy atom. The summed E-state index contributed by atoms with van der Waals surface area (Å²) in [5.41, 5.74) is 4.76. The molecular formula is C23H20ClN5O. The molecule has 2 N–H and O–H groups in total. The van der Waals surface area contributed by atoms with Crippen molar-refractivity contribution in [3.63, 3.8) is 0 Å². The third-order valence-electron chi connectivity index (χ3n) is 5.30. The number of hydrogen-bond donors (Lipinski definition) is 2. The van der Waals surface area contributed by atoms with Crippen molar-refractivity contribution in [2.24, 2.45) is 5.92 Å². The van der Waals surface area contributed by atoms with Gasteiger partial charge in [0.15, 0.2) is 0 Å². The van der Waals surface area contributed by atoms with Crippen LogP contribution in [0.15, 0.2) is 61.3 Å². The number of anilines is 1. The normalized spacial score (nSPS) is 13.4. The molecule has 4 aromatic rings. The van der Waals surface area contributed by atoms with Crippen LogP contribution in [0.3, 0.4) is 0 Å². The average Bonchev–Trinajstić information content (AvgIpc) is 3.28. The molecule has 1 fully saturated rings. The summed E-state index contributed by atoms with van der Waals surface area (Å²) < 4.78 is 2.03. The number of H-pyrrole nitrogens is 1. The molecule has 5 rings (SSSR count). The number of pyridine rings is 1. The predicted octanol–water partition coefficient (Wildman–Crippen LogP) is 5.24. The molecule has 30 heavy (non-hydrogen) atoms. The van der Waals surface area contributed by atoms with Gasteiger partial charge in [-0.05, 0) is 31.4 Å². The van der Waals surface area contributed by atoms with E-state index in [0.717, 1.165) is 46.6 Å². The zero-order valence-corrected chi connectivity index (χ0v) is 17.1. The van der Waals surface area contributed by atoms with Gasteiger partial charge in [-0.2, -0.15) is 0 Å². The Kier molecular flexibility index (Phi) is 4.64. The zero-order valence-electron chi connectivity index (χ0n) is 16.4. The van der Waals surface area contributed by atoms with E-state index in [1.54, 1.807) is 18.6 Å². The fourth-order valence-corrected chi connectivity index (χ4v) is 3.76. The van der Waals surface area contributed by atoms with Crippen molar-refractivity contribution >= 4 is 23.3 Å². The van der Waals surface area contributed by atoms with Crippen LogP contribution in [0.25, 0.3) is 28.2 Å². The van der Waals surface area contributed by atoms with Crippen molar-refractivity contribution in [1.82, 2.24) is 19.5 Å². The van der Waals surface area contributed by atoms with E-state index >= 15 is 0 Å². The van der Waals surface area contributed by atoms with Gasteiger partial charge in [0.25, 0.3) is 0 Å². The number of aryl methyl sites for hydroxylation is 1. The molecule has 1 aliphatic carbocycles. The lowest BCUT2D eigenvalue weighted by Gasteiger charge is -2.10. The minimum atomic E-state index is 0.0397. The highest BCUT2D eigenvalue weighted by atomic mass is 35.5. The van der Waals surface area contributed by atoms with Gasteiger partial charge in [0, 0.05) is 64.7 Å². The maximum absolute atomic E-state index is 12.2. The molecule has 0 bridgehead atoms. The molecule has 1 aliphatic rings. The van der Waals surface area contributed by atoms with Crippen LogP contribution in [0.5, 0.6) is 0 Å². The van der Waals surface area contributed by atoms with E-state index in [-0.39, 0.29) is 11.8 Å². The number of carbonyl (C=O) groups excluding carboxylic acids is 1. The second kappa shape index (κ2) is 7.46. The molecule has 1 amide bonds. The SMILES string of the molecule is Cc1cnc(NC(=O)C2CC2)cc1-n1cc(-c2ncc[nH]2)c(-c2ccccc2Cl)c1. The fraction of sp³-hybridized carbons (Fsp3) is 0.174. The highest BCUT2D eigenvalue weighted by molar-refractivity contribution is 6.33. The van der Waals surface area contributed by atoms with E-state index in [9.17, 15) is 4.79 Å². The first kappa shape index (κ1) is 18.6. The fourth-order valence-electron chi connectivity index (χ4n) is 3.52. The van der Waals surface area contributed by atoms with E-state index in [0.29, 0.717) is 10.8 Å². The van der Waals surface area contributed by atoms with Crippen LogP contribution in [0.2, 0.25) is 5.02 Å². The van der Waals surface area contributed by atoms with Crippen molar-refractivity contribution in [2.75, 3.05) is 5.32 Å².